The van der Waals surface area contributed by atoms with Gasteiger partial charge in [-0.1, -0.05) is 19.1 Å². The molecular weight excluding hydrogens is 520 g/mol. The Labute approximate surface area is 230 Å². The van der Waals surface area contributed by atoms with E-state index in [-0.39, 0.29) is 48.5 Å². The monoisotopic (exact) mass is 555 g/mol. The van der Waals surface area contributed by atoms with Crippen molar-refractivity contribution in [2.75, 3.05) is 32.7 Å². The number of imidazole rings is 1. The lowest BCUT2D eigenvalue weighted by atomic mass is 9.93. The quantitative estimate of drug-likeness (QED) is 0.445. The highest BCUT2D eigenvalue weighted by atomic mass is 19.2. The maximum Gasteiger partial charge on any atom is 0.327 e. The number of nitrogens with one attached hydrogen (secondary N) is 3. The topological polar surface area (TPSA) is 115 Å². The van der Waals surface area contributed by atoms with Crippen LogP contribution in [0.15, 0.2) is 41.3 Å². The molecule has 4 heterocycles. The van der Waals surface area contributed by atoms with Crippen molar-refractivity contribution in [3.05, 3.63) is 64.2 Å². The molecule has 3 N–H and O–H groups in total. The SMILES string of the molecule is CCCNC(=O)N1C[C@H](NC(=O)N2CCC(n3c(=O)[nH]c4ncccc43)CC2)CC[C@@H](c2cccc(F)c2F)C1. The molecule has 0 bridgehead atoms. The summed E-state index contributed by atoms with van der Waals surface area (Å²) in [4.78, 5) is 49.1. The number of aromatic amines is 1. The number of H-pyrrole nitrogens is 1. The predicted molar refractivity (Wildman–Crippen MR) is 146 cm³/mol. The van der Waals surface area contributed by atoms with E-state index in [0.29, 0.717) is 51.0 Å². The Bertz CT molecular complexity index is 1420. The Hall–Kier alpha value is -3.96. The van der Waals surface area contributed by atoms with Crippen LogP contribution in [0.2, 0.25) is 0 Å². The van der Waals surface area contributed by atoms with Gasteiger partial charge in [-0.3, -0.25) is 9.55 Å². The van der Waals surface area contributed by atoms with Crippen LogP contribution in [-0.4, -0.2) is 75.2 Å². The number of nitrogens with zero attached hydrogens (tertiary/aromatic N) is 4. The number of carbonyl (C=O) groups excluding carboxylic acids is 2. The smallest absolute Gasteiger partial charge is 0.327 e. The van der Waals surface area contributed by atoms with Crippen LogP contribution >= 0.6 is 0 Å². The summed E-state index contributed by atoms with van der Waals surface area (Å²) < 4.78 is 30.3. The number of urea groups is 2. The van der Waals surface area contributed by atoms with Gasteiger partial charge in [0.2, 0.25) is 0 Å². The van der Waals surface area contributed by atoms with Crippen LogP contribution in [0.25, 0.3) is 11.2 Å². The second-order valence-corrected chi connectivity index (χ2v) is 10.6. The van der Waals surface area contributed by atoms with E-state index >= 15 is 0 Å². The molecule has 5 rings (SSSR count). The van der Waals surface area contributed by atoms with Gasteiger partial charge in [-0.2, -0.15) is 0 Å². The van der Waals surface area contributed by atoms with Gasteiger partial charge in [0, 0.05) is 56.9 Å². The Morgan fingerprint density at radius 1 is 1.02 bits per heavy atom. The average Bonchev–Trinajstić information content (AvgIpc) is 3.15. The van der Waals surface area contributed by atoms with Crippen LogP contribution in [0.1, 0.15) is 56.6 Å². The Morgan fingerprint density at radius 3 is 2.60 bits per heavy atom. The number of pyridine rings is 1. The van der Waals surface area contributed by atoms with Gasteiger partial charge in [0.25, 0.3) is 0 Å². The van der Waals surface area contributed by atoms with Crippen molar-refractivity contribution in [2.24, 2.45) is 0 Å². The number of rotatable bonds is 5. The number of amides is 4. The van der Waals surface area contributed by atoms with Crippen LogP contribution in [0, 0.1) is 11.6 Å². The molecule has 3 aromatic rings. The van der Waals surface area contributed by atoms with Gasteiger partial charge < -0.3 is 20.4 Å². The van der Waals surface area contributed by atoms with Crippen LogP contribution < -0.4 is 16.3 Å². The lowest BCUT2D eigenvalue weighted by molar-refractivity contribution is 0.163. The fourth-order valence-electron chi connectivity index (χ4n) is 5.82. The number of hydrogen-bond acceptors (Lipinski definition) is 4. The zero-order valence-electron chi connectivity index (χ0n) is 22.5. The molecule has 1 aromatic carbocycles. The number of halogens is 2. The van der Waals surface area contributed by atoms with Crippen LogP contribution in [0.3, 0.4) is 0 Å². The molecule has 2 saturated heterocycles. The number of benzene rings is 1. The molecule has 2 aromatic heterocycles. The van der Waals surface area contributed by atoms with E-state index in [1.807, 2.05) is 13.0 Å². The van der Waals surface area contributed by atoms with Gasteiger partial charge in [-0.25, -0.2) is 28.1 Å². The van der Waals surface area contributed by atoms with Gasteiger partial charge >= 0.3 is 17.8 Å². The van der Waals surface area contributed by atoms with E-state index in [1.54, 1.807) is 32.7 Å². The molecule has 0 saturated carbocycles. The van der Waals surface area contributed by atoms with Crippen LogP contribution in [0.5, 0.6) is 0 Å². The first-order valence-electron chi connectivity index (χ1n) is 13.9. The number of likely N-dealkylation sites (tertiary alicyclic amines) is 2. The van der Waals surface area contributed by atoms with Crippen molar-refractivity contribution in [3.8, 4) is 0 Å². The third-order valence-corrected chi connectivity index (χ3v) is 7.91. The maximum atomic E-state index is 14.6. The molecule has 0 radical (unpaired) electrons. The van der Waals surface area contributed by atoms with Crippen molar-refractivity contribution in [2.45, 2.75) is 57.0 Å². The summed E-state index contributed by atoms with van der Waals surface area (Å²) in [5, 5.41) is 5.93. The summed E-state index contributed by atoms with van der Waals surface area (Å²) in [6, 6.07) is 6.85. The first-order chi connectivity index (χ1) is 19.4. The Kier molecular flexibility index (Phi) is 8.32. The van der Waals surface area contributed by atoms with E-state index in [2.05, 4.69) is 20.6 Å². The van der Waals surface area contributed by atoms with E-state index in [4.69, 9.17) is 0 Å². The summed E-state index contributed by atoms with van der Waals surface area (Å²) in [6.45, 7) is 3.88. The molecule has 40 heavy (non-hydrogen) atoms. The number of aromatic nitrogens is 3. The third-order valence-electron chi connectivity index (χ3n) is 7.91. The first kappa shape index (κ1) is 27.6. The van der Waals surface area contributed by atoms with Crippen molar-refractivity contribution in [1.29, 1.82) is 0 Å². The van der Waals surface area contributed by atoms with Crippen LogP contribution in [0.4, 0.5) is 18.4 Å². The second kappa shape index (κ2) is 12.1. The number of fused-ring (bicyclic) bond motifs is 1. The first-order valence-corrected chi connectivity index (χ1v) is 13.9. The van der Waals surface area contributed by atoms with Gasteiger partial charge in [0.1, 0.15) is 0 Å². The molecule has 10 nitrogen and oxygen atoms in total. The predicted octanol–water partition coefficient (Wildman–Crippen LogP) is 3.72. The molecule has 0 unspecified atom stereocenters. The highest BCUT2D eigenvalue weighted by Gasteiger charge is 2.32. The third kappa shape index (κ3) is 5.80. The lowest BCUT2D eigenvalue weighted by Gasteiger charge is -2.34. The van der Waals surface area contributed by atoms with Crippen molar-refractivity contribution in [1.82, 2.24) is 35.0 Å². The molecule has 2 aliphatic rings. The Morgan fingerprint density at radius 2 is 1.82 bits per heavy atom. The fraction of sp³-hybridized carbons (Fsp3) is 0.500. The molecule has 0 aliphatic carbocycles. The minimum atomic E-state index is -0.914. The lowest BCUT2D eigenvalue weighted by Crippen LogP contribution is -2.52. The molecule has 2 aliphatic heterocycles. The molecule has 2 fully saturated rings. The van der Waals surface area contributed by atoms with E-state index in [9.17, 15) is 23.2 Å². The minimum Gasteiger partial charge on any atom is -0.338 e. The van der Waals surface area contributed by atoms with Gasteiger partial charge in [0.05, 0.1) is 5.52 Å². The van der Waals surface area contributed by atoms with E-state index < -0.39 is 17.6 Å². The largest absolute Gasteiger partial charge is 0.338 e. The Balaban J connectivity index is 1.24. The molecule has 214 valence electrons. The summed E-state index contributed by atoms with van der Waals surface area (Å²) in [5.41, 5.74) is 1.33. The number of hydrogen-bond donors (Lipinski definition) is 3. The molecule has 0 spiro atoms. The number of piperidine rings is 1. The number of carbonyl (C=O) groups is 2. The van der Waals surface area contributed by atoms with E-state index in [0.717, 1.165) is 18.0 Å². The normalized spacial score (nSPS) is 20.4. The summed E-state index contributed by atoms with van der Waals surface area (Å²) in [7, 11) is 0. The van der Waals surface area contributed by atoms with Gasteiger partial charge in [-0.15, -0.1) is 0 Å². The average molecular weight is 556 g/mol. The van der Waals surface area contributed by atoms with Gasteiger partial charge in [0.15, 0.2) is 17.3 Å². The molecular formula is C28H35F2N7O3. The van der Waals surface area contributed by atoms with Crippen molar-refractivity contribution in [3.63, 3.8) is 0 Å². The molecule has 12 heteroatoms. The second-order valence-electron chi connectivity index (χ2n) is 10.6. The zero-order valence-corrected chi connectivity index (χ0v) is 22.5. The van der Waals surface area contributed by atoms with Gasteiger partial charge in [-0.05, 0) is 55.9 Å². The molecule has 4 amide bonds. The van der Waals surface area contributed by atoms with Crippen LogP contribution in [-0.2, 0) is 0 Å². The van der Waals surface area contributed by atoms with Crippen molar-refractivity contribution >= 4 is 23.2 Å². The fourth-order valence-corrected chi connectivity index (χ4v) is 5.82. The summed E-state index contributed by atoms with van der Waals surface area (Å²) in [5.74, 6) is -2.20. The highest BCUT2D eigenvalue weighted by molar-refractivity contribution is 5.76. The molecule has 2 atom stereocenters. The highest BCUT2D eigenvalue weighted by Crippen LogP contribution is 2.30. The summed E-state index contributed by atoms with van der Waals surface area (Å²) in [6.07, 6.45) is 4.63. The van der Waals surface area contributed by atoms with Crippen molar-refractivity contribution < 1.29 is 18.4 Å². The standard InChI is InChI=1S/C28H35F2N7O3/c1-2-12-32-26(38)36-16-18(21-5-3-6-22(29)24(21)30)8-9-19(17-36)33-27(39)35-14-10-20(11-15-35)37-23-7-4-13-31-25(23)34-28(37)40/h3-7,13,18-20H,2,8-12,14-17H2,1H3,(H,32,38)(H,33,39)(H,31,34,40)/t18-,19-/m1/s1. The maximum absolute atomic E-state index is 14.6. The summed E-state index contributed by atoms with van der Waals surface area (Å²) >= 11 is 0. The van der Waals surface area contributed by atoms with E-state index in [1.165, 1.54) is 6.07 Å². The zero-order chi connectivity index (χ0) is 28.2. The minimum absolute atomic E-state index is 0.0490.